The molecule has 4 rings (SSSR count). The van der Waals surface area contributed by atoms with Gasteiger partial charge in [0.15, 0.2) is 10.8 Å². The fourth-order valence-corrected chi connectivity index (χ4v) is 3.32. The minimum Gasteiger partial charge on any atom is -0.365 e. The highest BCUT2D eigenvalue weighted by atomic mass is 32.1. The Balaban J connectivity index is 1.92. The van der Waals surface area contributed by atoms with Crippen LogP contribution in [0.5, 0.6) is 0 Å². The summed E-state index contributed by atoms with van der Waals surface area (Å²) in [6, 6.07) is 7.92. The van der Waals surface area contributed by atoms with E-state index in [1.807, 2.05) is 49.0 Å². The Morgan fingerprint density at radius 1 is 1.22 bits per heavy atom. The van der Waals surface area contributed by atoms with Crippen molar-refractivity contribution in [1.82, 2.24) is 19.4 Å². The molecule has 0 unspecified atom stereocenters. The molecule has 0 aromatic carbocycles. The Morgan fingerprint density at radius 2 is 2.09 bits per heavy atom. The lowest BCUT2D eigenvalue weighted by molar-refractivity contribution is 1.17. The third kappa shape index (κ3) is 2.20. The molecule has 4 heterocycles. The lowest BCUT2D eigenvalue weighted by atomic mass is 10.1. The molecule has 0 aliphatic heterocycles. The van der Waals surface area contributed by atoms with E-state index in [4.69, 9.17) is 0 Å². The first-order valence-corrected chi connectivity index (χ1v) is 7.85. The van der Waals surface area contributed by atoms with Gasteiger partial charge >= 0.3 is 0 Å². The minimum absolute atomic E-state index is 0.540. The lowest BCUT2D eigenvalue weighted by Gasteiger charge is -2.03. The Kier molecular flexibility index (Phi) is 2.99. The third-order valence-electron chi connectivity index (χ3n) is 3.56. The molecule has 0 saturated carbocycles. The van der Waals surface area contributed by atoms with Gasteiger partial charge in [-0.1, -0.05) is 11.3 Å². The first-order chi connectivity index (χ1) is 11.2. The summed E-state index contributed by atoms with van der Waals surface area (Å²) in [7, 11) is 1.84. The zero-order valence-electron chi connectivity index (χ0n) is 12.5. The largest absolute Gasteiger partial charge is 0.365 e. The van der Waals surface area contributed by atoms with Gasteiger partial charge in [-0.05, 0) is 25.1 Å². The molecule has 0 atom stereocenters. The minimum atomic E-state index is 0.540. The van der Waals surface area contributed by atoms with E-state index in [0.717, 1.165) is 32.4 Å². The molecule has 23 heavy (non-hydrogen) atoms. The fourth-order valence-electron chi connectivity index (χ4n) is 2.53. The molecular weight excluding hydrogens is 308 g/mol. The van der Waals surface area contributed by atoms with Gasteiger partial charge in [0.2, 0.25) is 0 Å². The van der Waals surface area contributed by atoms with E-state index in [0.29, 0.717) is 11.2 Å². The van der Waals surface area contributed by atoms with Gasteiger partial charge in [0.25, 0.3) is 0 Å². The van der Waals surface area contributed by atoms with Crippen LogP contribution in [-0.4, -0.2) is 26.4 Å². The van der Waals surface area contributed by atoms with Crippen molar-refractivity contribution in [3.8, 4) is 17.3 Å². The summed E-state index contributed by atoms with van der Waals surface area (Å²) >= 11 is 1.51. The summed E-state index contributed by atoms with van der Waals surface area (Å²) in [4.78, 5) is 14.4. The number of nitrogens with one attached hydrogen (secondary N) is 1. The first kappa shape index (κ1) is 13.7. The Labute approximate surface area is 136 Å². The van der Waals surface area contributed by atoms with Crippen LogP contribution >= 0.6 is 11.3 Å². The summed E-state index contributed by atoms with van der Waals surface area (Å²) in [6.07, 6.45) is 3.86. The molecule has 0 saturated heterocycles. The SMILES string of the molecule is CNc1nc2ccc(-c3cc(C#N)c4nc(C)cn4c3)nc2s1. The summed E-state index contributed by atoms with van der Waals surface area (Å²) in [5.74, 6) is 0. The van der Waals surface area contributed by atoms with Crippen LogP contribution in [0.2, 0.25) is 0 Å². The quantitative estimate of drug-likeness (QED) is 0.613. The second-order valence-corrected chi connectivity index (χ2v) is 6.13. The standard InChI is InChI=1S/C16H12N6S/c1-9-7-22-8-11(5-10(6-17)14(22)19-9)12-3-4-13-15(20-12)23-16(18-2)21-13/h3-5,7-8H,1-2H3,(H,18,21). The number of imidazole rings is 1. The Bertz CT molecular complexity index is 1090. The molecule has 0 amide bonds. The van der Waals surface area contributed by atoms with Crippen molar-refractivity contribution in [2.45, 2.75) is 6.92 Å². The highest BCUT2D eigenvalue weighted by molar-refractivity contribution is 7.21. The van der Waals surface area contributed by atoms with E-state index in [2.05, 4.69) is 26.3 Å². The molecule has 112 valence electrons. The number of hydrogen-bond acceptors (Lipinski definition) is 6. The van der Waals surface area contributed by atoms with E-state index in [-0.39, 0.29) is 0 Å². The highest BCUT2D eigenvalue weighted by Crippen LogP contribution is 2.28. The number of nitriles is 1. The third-order valence-corrected chi connectivity index (χ3v) is 4.54. The molecule has 0 aliphatic carbocycles. The van der Waals surface area contributed by atoms with Crippen LogP contribution in [0.1, 0.15) is 11.3 Å². The van der Waals surface area contributed by atoms with Crippen LogP contribution in [0.15, 0.2) is 30.6 Å². The number of thiazole rings is 1. The van der Waals surface area contributed by atoms with Gasteiger partial charge in [-0.3, -0.25) is 0 Å². The molecule has 0 fully saturated rings. The highest BCUT2D eigenvalue weighted by Gasteiger charge is 2.11. The second kappa shape index (κ2) is 5.04. The van der Waals surface area contributed by atoms with Gasteiger partial charge in [-0.15, -0.1) is 0 Å². The molecular formula is C16H12N6S. The van der Waals surface area contributed by atoms with Gasteiger partial charge in [0, 0.05) is 25.0 Å². The first-order valence-electron chi connectivity index (χ1n) is 7.03. The van der Waals surface area contributed by atoms with Gasteiger partial charge in [-0.2, -0.15) is 5.26 Å². The van der Waals surface area contributed by atoms with Crippen molar-refractivity contribution >= 4 is 32.5 Å². The second-order valence-electron chi connectivity index (χ2n) is 5.16. The summed E-state index contributed by atoms with van der Waals surface area (Å²) in [5.41, 5.74) is 4.65. The van der Waals surface area contributed by atoms with E-state index < -0.39 is 0 Å². The van der Waals surface area contributed by atoms with Crippen LogP contribution in [0.3, 0.4) is 0 Å². The zero-order valence-corrected chi connectivity index (χ0v) is 13.3. The van der Waals surface area contributed by atoms with E-state index in [1.165, 1.54) is 11.3 Å². The average molecular weight is 320 g/mol. The van der Waals surface area contributed by atoms with Crippen LogP contribution in [-0.2, 0) is 0 Å². The Morgan fingerprint density at radius 3 is 2.87 bits per heavy atom. The van der Waals surface area contributed by atoms with Crippen LogP contribution < -0.4 is 5.32 Å². The fraction of sp³-hybridized carbons (Fsp3) is 0.125. The normalized spacial score (nSPS) is 11.0. The number of fused-ring (bicyclic) bond motifs is 2. The van der Waals surface area contributed by atoms with Gasteiger partial charge in [0.05, 0.1) is 17.0 Å². The van der Waals surface area contributed by atoms with Crippen LogP contribution in [0.25, 0.3) is 27.3 Å². The average Bonchev–Trinajstić information content (AvgIpc) is 3.14. The number of hydrogen-bond donors (Lipinski definition) is 1. The predicted octanol–water partition coefficient (Wildman–Crippen LogP) is 3.23. The molecule has 0 aliphatic rings. The smallest absolute Gasteiger partial charge is 0.185 e. The number of aromatic nitrogens is 4. The van der Waals surface area contributed by atoms with Crippen molar-refractivity contribution < 1.29 is 0 Å². The molecule has 4 aromatic heterocycles. The predicted molar refractivity (Wildman–Crippen MR) is 90.6 cm³/mol. The van der Waals surface area contributed by atoms with E-state index >= 15 is 0 Å². The maximum Gasteiger partial charge on any atom is 0.185 e. The number of pyridine rings is 2. The maximum atomic E-state index is 9.38. The maximum absolute atomic E-state index is 9.38. The molecule has 0 radical (unpaired) electrons. The van der Waals surface area contributed by atoms with E-state index in [9.17, 15) is 5.26 Å². The van der Waals surface area contributed by atoms with Crippen molar-refractivity contribution in [2.24, 2.45) is 0 Å². The topological polar surface area (TPSA) is 78.9 Å². The van der Waals surface area contributed by atoms with Crippen LogP contribution in [0.4, 0.5) is 5.13 Å². The summed E-state index contributed by atoms with van der Waals surface area (Å²) in [6.45, 7) is 1.91. The van der Waals surface area contributed by atoms with Crippen molar-refractivity contribution in [3.63, 3.8) is 0 Å². The number of aryl methyl sites for hydroxylation is 1. The number of rotatable bonds is 2. The van der Waals surface area contributed by atoms with Gasteiger partial charge < -0.3 is 9.72 Å². The molecule has 0 bridgehead atoms. The van der Waals surface area contributed by atoms with Crippen molar-refractivity contribution in [2.75, 3.05) is 12.4 Å². The monoisotopic (exact) mass is 320 g/mol. The molecule has 1 N–H and O–H groups in total. The molecule has 7 heteroatoms. The molecule has 0 spiro atoms. The van der Waals surface area contributed by atoms with Gasteiger partial charge in [-0.25, -0.2) is 15.0 Å². The summed E-state index contributed by atoms with van der Waals surface area (Å²) in [5, 5.41) is 13.3. The van der Waals surface area contributed by atoms with E-state index in [1.54, 1.807) is 0 Å². The molecule has 4 aromatic rings. The van der Waals surface area contributed by atoms with Crippen molar-refractivity contribution in [1.29, 1.82) is 5.26 Å². The van der Waals surface area contributed by atoms with Crippen molar-refractivity contribution in [3.05, 3.63) is 41.9 Å². The van der Waals surface area contributed by atoms with Crippen LogP contribution in [0, 0.1) is 18.3 Å². The molecule has 6 nitrogen and oxygen atoms in total. The number of anilines is 1. The lowest BCUT2D eigenvalue weighted by Crippen LogP contribution is -1.92. The Hall–Kier alpha value is -2.98. The zero-order chi connectivity index (χ0) is 16.0. The summed E-state index contributed by atoms with van der Waals surface area (Å²) < 4.78 is 1.88. The number of nitrogens with zero attached hydrogens (tertiary/aromatic N) is 5. The van der Waals surface area contributed by atoms with Gasteiger partial charge in [0.1, 0.15) is 16.4 Å².